The van der Waals surface area contributed by atoms with Crippen molar-refractivity contribution in [3.63, 3.8) is 0 Å². The first kappa shape index (κ1) is 21.8. The van der Waals surface area contributed by atoms with Gasteiger partial charge in [0.15, 0.2) is 5.78 Å². The molecule has 0 aliphatic rings. The van der Waals surface area contributed by atoms with Gasteiger partial charge in [-0.05, 0) is 36.6 Å². The lowest BCUT2D eigenvalue weighted by molar-refractivity contribution is -0.130. The summed E-state index contributed by atoms with van der Waals surface area (Å²) in [6, 6.07) is 13.8. The van der Waals surface area contributed by atoms with E-state index in [4.69, 9.17) is 0 Å². The summed E-state index contributed by atoms with van der Waals surface area (Å²) in [5.41, 5.74) is 2.71. The lowest BCUT2D eigenvalue weighted by Gasteiger charge is -2.17. The third-order valence-electron chi connectivity index (χ3n) is 4.48. The summed E-state index contributed by atoms with van der Waals surface area (Å²) in [5.74, 6) is -0.274. The number of ketones is 1. The molecule has 0 fully saturated rings. The smallest absolute Gasteiger partial charge is 0.240 e. The fraction of sp³-hybridized carbons (Fsp3) is 0.333. The van der Waals surface area contributed by atoms with Crippen LogP contribution < -0.4 is 4.72 Å². The number of aryl methyl sites for hydroxylation is 1. The molecule has 0 bridgehead atoms. The Labute approximate surface area is 166 Å². The third-order valence-corrected chi connectivity index (χ3v) is 5.96. The highest BCUT2D eigenvalue weighted by Crippen LogP contribution is 2.11. The van der Waals surface area contributed by atoms with Crippen LogP contribution in [0, 0.1) is 0 Å². The average molecular weight is 403 g/mol. The predicted octanol–water partition coefficient (Wildman–Crippen LogP) is 2.78. The van der Waals surface area contributed by atoms with Crippen LogP contribution in [0.3, 0.4) is 0 Å². The largest absolute Gasteiger partial charge is 0.341 e. The van der Waals surface area contributed by atoms with Crippen molar-refractivity contribution in [1.29, 1.82) is 0 Å². The second kappa shape index (κ2) is 9.61. The highest BCUT2D eigenvalue weighted by atomic mass is 32.2. The van der Waals surface area contributed by atoms with Crippen molar-refractivity contribution in [1.82, 2.24) is 9.62 Å². The van der Waals surface area contributed by atoms with Crippen LogP contribution in [-0.2, 0) is 27.8 Å². The normalized spacial score (nSPS) is 11.2. The molecule has 0 radical (unpaired) electrons. The molecular formula is C21H26N2O4S. The number of carbonyl (C=O) groups excluding carboxylic acids is 2. The molecule has 0 saturated carbocycles. The van der Waals surface area contributed by atoms with Crippen LogP contribution in [-0.4, -0.2) is 38.6 Å². The molecule has 0 aliphatic heterocycles. The highest BCUT2D eigenvalue weighted by molar-refractivity contribution is 7.89. The van der Waals surface area contributed by atoms with Crippen molar-refractivity contribution in [3.05, 3.63) is 65.2 Å². The van der Waals surface area contributed by atoms with Gasteiger partial charge in [-0.15, -0.1) is 0 Å². The molecule has 0 saturated heterocycles. The summed E-state index contributed by atoms with van der Waals surface area (Å²) >= 11 is 0. The van der Waals surface area contributed by atoms with E-state index in [1.165, 1.54) is 36.8 Å². The van der Waals surface area contributed by atoms with E-state index in [0.29, 0.717) is 12.1 Å². The zero-order valence-corrected chi connectivity index (χ0v) is 17.3. The Kier molecular flexibility index (Phi) is 7.48. The Balaban J connectivity index is 1.86. The summed E-state index contributed by atoms with van der Waals surface area (Å²) in [7, 11) is -2.02. The maximum absolute atomic E-state index is 12.3. The van der Waals surface area contributed by atoms with Gasteiger partial charge in [0.1, 0.15) is 0 Å². The number of hydrogen-bond acceptors (Lipinski definition) is 4. The molecule has 0 aliphatic carbocycles. The van der Waals surface area contributed by atoms with Gasteiger partial charge in [0.25, 0.3) is 0 Å². The molecule has 0 aromatic heterocycles. The molecule has 0 heterocycles. The van der Waals surface area contributed by atoms with Crippen LogP contribution in [0.2, 0.25) is 0 Å². The lowest BCUT2D eigenvalue weighted by Crippen LogP contribution is -2.32. The first-order chi connectivity index (χ1) is 13.2. The standard InChI is InChI=1S/C21H26N2O4S/c1-4-17-5-7-18(8-6-17)15-23(3)21(25)13-14-22-28(26,27)20-11-9-19(10-12-20)16(2)24/h5-12,22H,4,13-15H2,1-3H3. The fourth-order valence-corrected chi connectivity index (χ4v) is 3.71. The monoisotopic (exact) mass is 402 g/mol. The predicted molar refractivity (Wildman–Crippen MR) is 109 cm³/mol. The minimum atomic E-state index is -3.72. The van der Waals surface area contributed by atoms with Gasteiger partial charge in [0.2, 0.25) is 15.9 Å². The molecule has 0 atom stereocenters. The molecule has 6 nitrogen and oxygen atoms in total. The SMILES string of the molecule is CCc1ccc(CN(C)C(=O)CCNS(=O)(=O)c2ccc(C(C)=O)cc2)cc1. The van der Waals surface area contributed by atoms with Crippen LogP contribution in [0.5, 0.6) is 0 Å². The number of hydrogen-bond donors (Lipinski definition) is 1. The van der Waals surface area contributed by atoms with E-state index in [0.717, 1.165) is 12.0 Å². The summed E-state index contributed by atoms with van der Waals surface area (Å²) in [6.07, 6.45) is 1.03. The molecule has 2 aromatic rings. The first-order valence-electron chi connectivity index (χ1n) is 9.15. The Bertz CT molecular complexity index is 920. The quantitative estimate of drug-likeness (QED) is 0.654. The summed E-state index contributed by atoms with van der Waals surface area (Å²) in [5, 5.41) is 0. The zero-order chi connectivity index (χ0) is 20.7. The van der Waals surface area contributed by atoms with Crippen LogP contribution >= 0.6 is 0 Å². The molecule has 28 heavy (non-hydrogen) atoms. The van der Waals surface area contributed by atoms with E-state index >= 15 is 0 Å². The maximum Gasteiger partial charge on any atom is 0.240 e. The first-order valence-corrected chi connectivity index (χ1v) is 10.6. The van der Waals surface area contributed by atoms with E-state index in [9.17, 15) is 18.0 Å². The molecule has 1 amide bonds. The second-order valence-electron chi connectivity index (χ2n) is 6.65. The number of rotatable bonds is 9. The molecule has 7 heteroatoms. The molecule has 0 unspecified atom stereocenters. The Morgan fingerprint density at radius 2 is 1.54 bits per heavy atom. The van der Waals surface area contributed by atoms with E-state index in [1.54, 1.807) is 11.9 Å². The van der Waals surface area contributed by atoms with Gasteiger partial charge in [-0.1, -0.05) is 43.3 Å². The summed E-state index contributed by atoms with van der Waals surface area (Å²) in [6.45, 7) is 3.99. The number of amides is 1. The number of nitrogens with zero attached hydrogens (tertiary/aromatic N) is 1. The second-order valence-corrected chi connectivity index (χ2v) is 8.42. The average Bonchev–Trinajstić information content (AvgIpc) is 2.68. The molecule has 150 valence electrons. The maximum atomic E-state index is 12.3. The number of Topliss-reactive ketones (excluding diaryl/α,β-unsaturated/α-hetero) is 1. The van der Waals surface area contributed by atoms with Crippen molar-refractivity contribution >= 4 is 21.7 Å². The Morgan fingerprint density at radius 3 is 2.07 bits per heavy atom. The Hall–Kier alpha value is -2.51. The van der Waals surface area contributed by atoms with Crippen molar-refractivity contribution in [3.8, 4) is 0 Å². The highest BCUT2D eigenvalue weighted by Gasteiger charge is 2.16. The van der Waals surface area contributed by atoms with Crippen LogP contribution in [0.1, 0.15) is 41.8 Å². The Morgan fingerprint density at radius 1 is 0.964 bits per heavy atom. The third kappa shape index (κ3) is 6.00. The number of carbonyl (C=O) groups is 2. The van der Waals surface area contributed by atoms with Gasteiger partial charge >= 0.3 is 0 Å². The van der Waals surface area contributed by atoms with E-state index < -0.39 is 10.0 Å². The van der Waals surface area contributed by atoms with Crippen molar-refractivity contribution < 1.29 is 18.0 Å². The molecule has 1 N–H and O–H groups in total. The van der Waals surface area contributed by atoms with E-state index in [2.05, 4.69) is 11.6 Å². The molecule has 2 aromatic carbocycles. The zero-order valence-electron chi connectivity index (χ0n) is 16.4. The van der Waals surface area contributed by atoms with Gasteiger partial charge in [-0.3, -0.25) is 9.59 Å². The molecular weight excluding hydrogens is 376 g/mol. The number of nitrogens with one attached hydrogen (secondary N) is 1. The van der Waals surface area contributed by atoms with Crippen molar-refractivity contribution in [2.24, 2.45) is 0 Å². The number of benzene rings is 2. The van der Waals surface area contributed by atoms with Crippen LogP contribution in [0.25, 0.3) is 0 Å². The van der Waals surface area contributed by atoms with Gasteiger partial charge < -0.3 is 4.90 Å². The van der Waals surface area contributed by atoms with E-state index in [1.807, 2.05) is 24.3 Å². The van der Waals surface area contributed by atoms with Gasteiger partial charge in [-0.2, -0.15) is 0 Å². The lowest BCUT2D eigenvalue weighted by atomic mass is 10.1. The van der Waals surface area contributed by atoms with E-state index in [-0.39, 0.29) is 29.6 Å². The van der Waals surface area contributed by atoms with Crippen molar-refractivity contribution in [2.45, 2.75) is 38.1 Å². The number of sulfonamides is 1. The summed E-state index contributed by atoms with van der Waals surface area (Å²) in [4.78, 5) is 25.2. The van der Waals surface area contributed by atoms with Crippen molar-refractivity contribution in [2.75, 3.05) is 13.6 Å². The molecule has 0 spiro atoms. The van der Waals surface area contributed by atoms with Gasteiger partial charge in [0.05, 0.1) is 4.90 Å². The van der Waals surface area contributed by atoms with Gasteiger partial charge in [0, 0.05) is 32.1 Å². The van der Waals surface area contributed by atoms with Crippen LogP contribution in [0.15, 0.2) is 53.4 Å². The molecule has 2 rings (SSSR count). The minimum absolute atomic E-state index is 0.00867. The summed E-state index contributed by atoms with van der Waals surface area (Å²) < 4.78 is 27.0. The fourth-order valence-electron chi connectivity index (χ4n) is 2.68. The topological polar surface area (TPSA) is 83.6 Å². The van der Waals surface area contributed by atoms with Gasteiger partial charge in [-0.25, -0.2) is 13.1 Å². The minimum Gasteiger partial charge on any atom is -0.341 e. The van der Waals surface area contributed by atoms with Crippen LogP contribution in [0.4, 0.5) is 0 Å².